The lowest BCUT2D eigenvalue weighted by atomic mass is 10.2. The number of ether oxygens (including phenoxy) is 2. The van der Waals surface area contributed by atoms with Crippen molar-refractivity contribution in [1.29, 1.82) is 0 Å². The summed E-state index contributed by atoms with van der Waals surface area (Å²) >= 11 is 0. The van der Waals surface area contributed by atoms with Crippen LogP contribution in [-0.2, 0) is 14.8 Å². The third kappa shape index (κ3) is 3.25. The van der Waals surface area contributed by atoms with Crippen molar-refractivity contribution >= 4 is 27.3 Å². The zero-order chi connectivity index (χ0) is 18.0. The number of fused-ring (bicyclic) bond motifs is 1. The Labute approximate surface area is 146 Å². The van der Waals surface area contributed by atoms with Crippen LogP contribution in [0.15, 0.2) is 47.4 Å². The quantitative estimate of drug-likeness (QED) is 0.882. The van der Waals surface area contributed by atoms with E-state index in [1.165, 1.54) is 25.2 Å². The van der Waals surface area contributed by atoms with Gasteiger partial charge >= 0.3 is 0 Å². The van der Waals surface area contributed by atoms with Crippen LogP contribution in [0.5, 0.6) is 11.5 Å². The maximum absolute atomic E-state index is 13.0. The number of anilines is 2. The first-order valence-corrected chi connectivity index (χ1v) is 9.15. The number of benzene rings is 2. The van der Waals surface area contributed by atoms with Gasteiger partial charge in [0.25, 0.3) is 15.9 Å². The van der Waals surface area contributed by atoms with E-state index in [2.05, 4.69) is 5.32 Å². The Balaban J connectivity index is 1.99. The average molecular weight is 362 g/mol. The highest BCUT2D eigenvalue weighted by molar-refractivity contribution is 7.92. The summed E-state index contributed by atoms with van der Waals surface area (Å²) in [5, 5.41) is 2.61. The van der Waals surface area contributed by atoms with Crippen LogP contribution in [0.4, 0.5) is 11.4 Å². The molecule has 0 atom stereocenters. The van der Waals surface area contributed by atoms with E-state index in [0.29, 0.717) is 29.5 Å². The van der Waals surface area contributed by atoms with Gasteiger partial charge in [-0.1, -0.05) is 12.1 Å². The van der Waals surface area contributed by atoms with Crippen LogP contribution < -0.4 is 19.1 Å². The van der Waals surface area contributed by atoms with Crippen molar-refractivity contribution in [3.05, 3.63) is 42.5 Å². The van der Waals surface area contributed by atoms with Crippen molar-refractivity contribution in [2.45, 2.75) is 11.8 Å². The van der Waals surface area contributed by atoms with E-state index in [1.54, 1.807) is 24.3 Å². The van der Waals surface area contributed by atoms with Crippen LogP contribution in [0.25, 0.3) is 0 Å². The summed E-state index contributed by atoms with van der Waals surface area (Å²) in [6.07, 6.45) is 0. The third-order valence-corrected chi connectivity index (χ3v) is 5.51. The minimum atomic E-state index is -3.84. The number of sulfonamides is 1. The minimum Gasteiger partial charge on any atom is -0.492 e. The molecule has 1 aliphatic rings. The number of hydrogen-bond acceptors (Lipinski definition) is 5. The molecule has 0 aliphatic carbocycles. The van der Waals surface area contributed by atoms with Crippen molar-refractivity contribution in [2.75, 3.05) is 29.9 Å². The fourth-order valence-electron chi connectivity index (χ4n) is 2.51. The molecule has 1 heterocycles. The largest absolute Gasteiger partial charge is 0.492 e. The Hall–Kier alpha value is -2.74. The van der Waals surface area contributed by atoms with Gasteiger partial charge in [0.2, 0.25) is 0 Å². The van der Waals surface area contributed by atoms with Crippen LogP contribution in [-0.4, -0.2) is 34.6 Å². The Morgan fingerprint density at radius 1 is 1.24 bits per heavy atom. The normalized spacial score (nSPS) is 13.4. The summed E-state index contributed by atoms with van der Waals surface area (Å²) < 4.78 is 37.9. The molecule has 0 radical (unpaired) electrons. The monoisotopic (exact) mass is 362 g/mol. The van der Waals surface area contributed by atoms with Crippen LogP contribution in [0.3, 0.4) is 0 Å². The van der Waals surface area contributed by atoms with Gasteiger partial charge in [0.15, 0.2) is 6.61 Å². The highest BCUT2D eigenvalue weighted by atomic mass is 32.2. The van der Waals surface area contributed by atoms with Gasteiger partial charge in [-0.2, -0.15) is 0 Å². The first-order chi connectivity index (χ1) is 11.9. The van der Waals surface area contributed by atoms with E-state index in [1.807, 2.05) is 6.92 Å². The number of hydrogen-bond donors (Lipinski definition) is 1. The molecule has 1 N–H and O–H groups in total. The molecule has 0 aromatic heterocycles. The highest BCUT2D eigenvalue weighted by Gasteiger charge is 2.26. The Kier molecular flexibility index (Phi) is 4.54. The second-order valence-corrected chi connectivity index (χ2v) is 7.34. The second-order valence-electron chi connectivity index (χ2n) is 5.37. The summed E-state index contributed by atoms with van der Waals surface area (Å²) in [7, 11) is -2.38. The van der Waals surface area contributed by atoms with Crippen LogP contribution in [0.2, 0.25) is 0 Å². The molecular formula is C17H18N2O5S. The van der Waals surface area contributed by atoms with Crippen LogP contribution in [0.1, 0.15) is 6.92 Å². The minimum absolute atomic E-state index is 0.0471. The average Bonchev–Trinajstić information content (AvgIpc) is 2.61. The lowest BCUT2D eigenvalue weighted by Crippen LogP contribution is -2.28. The molecule has 7 nitrogen and oxygen atoms in total. The third-order valence-electron chi connectivity index (χ3n) is 3.75. The van der Waals surface area contributed by atoms with Crippen molar-refractivity contribution in [3.63, 3.8) is 0 Å². The molecule has 1 aliphatic heterocycles. The van der Waals surface area contributed by atoms with E-state index in [9.17, 15) is 13.2 Å². The number of carbonyl (C=O) groups excluding carboxylic acids is 1. The number of nitrogens with zero attached hydrogens (tertiary/aromatic N) is 1. The van der Waals surface area contributed by atoms with E-state index in [4.69, 9.17) is 9.47 Å². The number of rotatable bonds is 5. The second kappa shape index (κ2) is 6.64. The smallest absolute Gasteiger partial charge is 0.264 e. The number of carbonyl (C=O) groups is 1. The molecule has 132 valence electrons. The van der Waals surface area contributed by atoms with Crippen molar-refractivity contribution in [3.8, 4) is 11.5 Å². The SMILES string of the molecule is CCOc1ccccc1N(C)S(=O)(=O)c1ccc2c(c1)NC(=O)CO2. The Bertz CT molecular complexity index is 911. The van der Waals surface area contributed by atoms with Gasteiger partial charge in [0, 0.05) is 7.05 Å². The molecule has 0 saturated heterocycles. The molecule has 2 aromatic rings. The summed E-state index contributed by atoms with van der Waals surface area (Å²) in [5.74, 6) is 0.596. The predicted molar refractivity (Wildman–Crippen MR) is 93.8 cm³/mol. The van der Waals surface area contributed by atoms with Gasteiger partial charge in [0.05, 0.1) is 22.9 Å². The predicted octanol–water partition coefficient (Wildman–Crippen LogP) is 2.24. The highest BCUT2D eigenvalue weighted by Crippen LogP contribution is 2.34. The molecule has 0 unspecified atom stereocenters. The summed E-state index contributed by atoms with van der Waals surface area (Å²) in [5.41, 5.74) is 0.770. The Morgan fingerprint density at radius 3 is 2.76 bits per heavy atom. The summed E-state index contributed by atoms with van der Waals surface area (Å²) in [6, 6.07) is 11.3. The van der Waals surface area contributed by atoms with Crippen LogP contribution >= 0.6 is 0 Å². The lowest BCUT2D eigenvalue weighted by molar-refractivity contribution is -0.118. The van der Waals surface area contributed by atoms with Crippen molar-refractivity contribution < 1.29 is 22.7 Å². The van der Waals surface area contributed by atoms with Gasteiger partial charge in [-0.25, -0.2) is 8.42 Å². The molecular weight excluding hydrogens is 344 g/mol. The van der Waals surface area contributed by atoms with Gasteiger partial charge in [-0.05, 0) is 37.3 Å². The molecule has 25 heavy (non-hydrogen) atoms. The standard InChI is InChI=1S/C17H18N2O5S/c1-3-23-16-7-5-4-6-14(16)19(2)25(21,22)12-8-9-15-13(10-12)18-17(20)11-24-15/h4-10H,3,11H2,1-2H3,(H,18,20). The maximum Gasteiger partial charge on any atom is 0.264 e. The van der Waals surface area contributed by atoms with Gasteiger partial charge in [-0.3, -0.25) is 9.10 Å². The molecule has 1 amide bonds. The number of para-hydroxylation sites is 2. The first-order valence-electron chi connectivity index (χ1n) is 7.71. The van der Waals surface area contributed by atoms with E-state index in [-0.39, 0.29) is 17.4 Å². The molecule has 0 bridgehead atoms. The maximum atomic E-state index is 13.0. The lowest BCUT2D eigenvalue weighted by Gasteiger charge is -2.23. The number of amides is 1. The molecule has 2 aromatic carbocycles. The van der Waals surface area contributed by atoms with Crippen molar-refractivity contribution in [2.24, 2.45) is 0 Å². The number of nitrogens with one attached hydrogen (secondary N) is 1. The van der Waals surface area contributed by atoms with E-state index in [0.717, 1.165) is 4.31 Å². The summed E-state index contributed by atoms with van der Waals surface area (Å²) in [4.78, 5) is 11.5. The van der Waals surface area contributed by atoms with Gasteiger partial charge in [-0.15, -0.1) is 0 Å². The van der Waals surface area contributed by atoms with Gasteiger partial charge < -0.3 is 14.8 Å². The molecule has 0 spiro atoms. The fraction of sp³-hybridized carbons (Fsp3) is 0.235. The summed E-state index contributed by atoms with van der Waals surface area (Å²) in [6.45, 7) is 2.17. The fourth-order valence-corrected chi connectivity index (χ4v) is 3.74. The van der Waals surface area contributed by atoms with E-state index >= 15 is 0 Å². The molecule has 0 fully saturated rings. The van der Waals surface area contributed by atoms with Gasteiger partial charge in [0.1, 0.15) is 11.5 Å². The van der Waals surface area contributed by atoms with Crippen LogP contribution in [0, 0.1) is 0 Å². The topological polar surface area (TPSA) is 84.9 Å². The zero-order valence-corrected chi connectivity index (χ0v) is 14.7. The zero-order valence-electron chi connectivity index (χ0n) is 13.9. The molecule has 0 saturated carbocycles. The molecule has 8 heteroatoms. The van der Waals surface area contributed by atoms with Crippen molar-refractivity contribution in [1.82, 2.24) is 0 Å². The van der Waals surface area contributed by atoms with E-state index < -0.39 is 10.0 Å². The molecule has 3 rings (SSSR count). The first kappa shape index (κ1) is 17.1. The Morgan fingerprint density at radius 2 is 2.00 bits per heavy atom.